The van der Waals surface area contributed by atoms with Gasteiger partial charge in [-0.1, -0.05) is 24.6 Å². The van der Waals surface area contributed by atoms with E-state index < -0.39 is 6.10 Å². The fourth-order valence-corrected chi connectivity index (χ4v) is 3.50. The highest BCUT2D eigenvalue weighted by Crippen LogP contribution is 2.25. The lowest BCUT2D eigenvalue weighted by molar-refractivity contribution is 0.171. The first-order chi connectivity index (χ1) is 13.2. The Morgan fingerprint density at radius 1 is 1.22 bits per heavy atom. The van der Waals surface area contributed by atoms with Crippen LogP contribution in [-0.4, -0.2) is 34.8 Å². The average molecular weight is 404 g/mol. The molecule has 0 fully saturated rings. The smallest absolute Gasteiger partial charge is 0.129 e. The maximum atomic E-state index is 10.1. The first-order valence-electron chi connectivity index (χ1n) is 8.83. The standard InChI is InChI=1S/C20H22ClN3O2S/c1-2-16-13-27-20(24-16)14-3-6-17(7-4-14)26-10-9-22-12-18(25)15-5-8-19(21)23-11-15/h3-8,11,13,18,22,25H,2,9-10,12H2,1H3/t18-/m0/s1. The number of hydrogen-bond donors (Lipinski definition) is 2. The van der Waals surface area contributed by atoms with E-state index in [1.54, 1.807) is 29.7 Å². The van der Waals surface area contributed by atoms with Crippen molar-refractivity contribution in [3.8, 4) is 16.3 Å². The summed E-state index contributed by atoms with van der Waals surface area (Å²) in [6.07, 6.45) is 1.91. The lowest BCUT2D eigenvalue weighted by atomic mass is 10.1. The normalized spacial score (nSPS) is 12.1. The van der Waals surface area contributed by atoms with E-state index in [-0.39, 0.29) is 0 Å². The predicted octanol–water partition coefficient (Wildman–Crippen LogP) is 4.12. The molecule has 2 heterocycles. The summed E-state index contributed by atoms with van der Waals surface area (Å²) in [4.78, 5) is 8.56. The summed E-state index contributed by atoms with van der Waals surface area (Å²) >= 11 is 7.41. The number of nitrogens with one attached hydrogen (secondary N) is 1. The van der Waals surface area contributed by atoms with Crippen molar-refractivity contribution in [2.24, 2.45) is 0 Å². The highest BCUT2D eigenvalue weighted by molar-refractivity contribution is 7.13. The van der Waals surface area contributed by atoms with Gasteiger partial charge in [-0.05, 0) is 36.8 Å². The molecule has 0 saturated heterocycles. The summed E-state index contributed by atoms with van der Waals surface area (Å²) in [7, 11) is 0. The van der Waals surface area contributed by atoms with Crippen LogP contribution >= 0.6 is 22.9 Å². The Kier molecular flexibility index (Phi) is 7.18. The first kappa shape index (κ1) is 19.8. The molecule has 2 aromatic heterocycles. The molecule has 0 aliphatic carbocycles. The number of benzene rings is 1. The molecule has 0 spiro atoms. The van der Waals surface area contributed by atoms with Crippen LogP contribution in [0.2, 0.25) is 5.15 Å². The molecule has 1 atom stereocenters. The van der Waals surface area contributed by atoms with Gasteiger partial charge in [-0.3, -0.25) is 0 Å². The van der Waals surface area contributed by atoms with Gasteiger partial charge in [-0.15, -0.1) is 11.3 Å². The van der Waals surface area contributed by atoms with Crippen molar-refractivity contribution < 1.29 is 9.84 Å². The summed E-state index contributed by atoms with van der Waals surface area (Å²) in [5.41, 5.74) is 2.96. The van der Waals surface area contributed by atoms with E-state index in [1.807, 2.05) is 24.3 Å². The monoisotopic (exact) mass is 403 g/mol. The molecule has 0 unspecified atom stereocenters. The number of pyridine rings is 1. The minimum Gasteiger partial charge on any atom is -0.492 e. The summed E-state index contributed by atoms with van der Waals surface area (Å²) in [6.45, 7) is 3.68. The Morgan fingerprint density at radius 2 is 2.04 bits per heavy atom. The lowest BCUT2D eigenvalue weighted by Crippen LogP contribution is -2.26. The third kappa shape index (κ3) is 5.74. The Balaban J connectivity index is 1.39. The Hall–Kier alpha value is -1.99. The van der Waals surface area contributed by atoms with Crippen LogP contribution < -0.4 is 10.1 Å². The van der Waals surface area contributed by atoms with Crippen LogP contribution in [0.5, 0.6) is 5.75 Å². The van der Waals surface area contributed by atoms with Crippen molar-refractivity contribution in [2.75, 3.05) is 19.7 Å². The highest BCUT2D eigenvalue weighted by atomic mass is 35.5. The van der Waals surface area contributed by atoms with E-state index in [9.17, 15) is 5.11 Å². The molecule has 0 aliphatic heterocycles. The van der Waals surface area contributed by atoms with Gasteiger partial charge in [0.2, 0.25) is 0 Å². The van der Waals surface area contributed by atoms with Crippen molar-refractivity contribution >= 4 is 22.9 Å². The number of halogens is 1. The van der Waals surface area contributed by atoms with Crippen LogP contribution in [0.15, 0.2) is 48.0 Å². The quantitative estimate of drug-likeness (QED) is 0.415. The van der Waals surface area contributed by atoms with Gasteiger partial charge >= 0.3 is 0 Å². The third-order valence-corrected chi connectivity index (χ3v) is 5.20. The molecule has 1 aromatic carbocycles. The summed E-state index contributed by atoms with van der Waals surface area (Å²) in [6, 6.07) is 11.4. The van der Waals surface area contributed by atoms with E-state index in [2.05, 4.69) is 27.6 Å². The molecule has 0 saturated carbocycles. The molecule has 2 N–H and O–H groups in total. The van der Waals surface area contributed by atoms with E-state index in [4.69, 9.17) is 16.3 Å². The van der Waals surface area contributed by atoms with E-state index in [1.165, 1.54) is 0 Å². The number of aliphatic hydroxyl groups excluding tert-OH is 1. The van der Waals surface area contributed by atoms with E-state index in [0.29, 0.717) is 24.8 Å². The molecule has 0 radical (unpaired) electrons. The number of ether oxygens (including phenoxy) is 1. The van der Waals surface area contributed by atoms with Gasteiger partial charge in [-0.25, -0.2) is 9.97 Å². The molecule has 142 valence electrons. The zero-order valence-corrected chi connectivity index (χ0v) is 16.6. The second-order valence-electron chi connectivity index (χ2n) is 6.00. The predicted molar refractivity (Wildman–Crippen MR) is 109 cm³/mol. The van der Waals surface area contributed by atoms with Crippen LogP contribution in [0, 0.1) is 0 Å². The summed E-state index contributed by atoms with van der Waals surface area (Å²) < 4.78 is 5.74. The van der Waals surface area contributed by atoms with Crippen molar-refractivity contribution in [3.63, 3.8) is 0 Å². The van der Waals surface area contributed by atoms with Crippen molar-refractivity contribution in [3.05, 3.63) is 64.4 Å². The fraction of sp³-hybridized carbons (Fsp3) is 0.300. The van der Waals surface area contributed by atoms with Crippen LogP contribution in [0.4, 0.5) is 0 Å². The average Bonchev–Trinajstić information content (AvgIpc) is 3.18. The Morgan fingerprint density at radius 3 is 2.70 bits per heavy atom. The molecular formula is C20H22ClN3O2S. The maximum Gasteiger partial charge on any atom is 0.129 e. The molecular weight excluding hydrogens is 382 g/mol. The number of aryl methyl sites for hydroxylation is 1. The molecule has 5 nitrogen and oxygen atoms in total. The number of nitrogens with zero attached hydrogens (tertiary/aromatic N) is 2. The zero-order valence-electron chi connectivity index (χ0n) is 15.1. The Labute approximate surface area is 168 Å². The van der Waals surface area contributed by atoms with Gasteiger partial charge < -0.3 is 15.2 Å². The van der Waals surface area contributed by atoms with E-state index >= 15 is 0 Å². The van der Waals surface area contributed by atoms with Gasteiger partial charge in [0, 0.05) is 35.8 Å². The molecule has 0 amide bonds. The molecule has 3 aromatic rings. The second kappa shape index (κ2) is 9.80. The summed E-state index contributed by atoms with van der Waals surface area (Å²) in [5, 5.41) is 16.8. The molecule has 0 aliphatic rings. The van der Waals surface area contributed by atoms with Crippen LogP contribution in [0.1, 0.15) is 24.3 Å². The minimum atomic E-state index is -0.625. The third-order valence-electron chi connectivity index (χ3n) is 4.04. The van der Waals surface area contributed by atoms with Gasteiger partial charge in [-0.2, -0.15) is 0 Å². The van der Waals surface area contributed by atoms with Crippen LogP contribution in [0.3, 0.4) is 0 Å². The number of rotatable bonds is 9. The number of aromatic nitrogens is 2. The van der Waals surface area contributed by atoms with Crippen LogP contribution in [0.25, 0.3) is 10.6 Å². The number of aliphatic hydroxyl groups is 1. The molecule has 27 heavy (non-hydrogen) atoms. The largest absolute Gasteiger partial charge is 0.492 e. The first-order valence-corrected chi connectivity index (χ1v) is 10.1. The maximum absolute atomic E-state index is 10.1. The van der Waals surface area contributed by atoms with Gasteiger partial charge in [0.1, 0.15) is 22.5 Å². The second-order valence-corrected chi connectivity index (χ2v) is 7.25. The van der Waals surface area contributed by atoms with Gasteiger partial charge in [0.05, 0.1) is 11.8 Å². The van der Waals surface area contributed by atoms with E-state index in [0.717, 1.165) is 34.0 Å². The van der Waals surface area contributed by atoms with Crippen molar-refractivity contribution in [1.29, 1.82) is 0 Å². The van der Waals surface area contributed by atoms with Crippen molar-refractivity contribution in [2.45, 2.75) is 19.4 Å². The van der Waals surface area contributed by atoms with Gasteiger partial charge in [0.25, 0.3) is 0 Å². The lowest BCUT2D eigenvalue weighted by Gasteiger charge is -2.12. The topological polar surface area (TPSA) is 67.3 Å². The highest BCUT2D eigenvalue weighted by Gasteiger charge is 2.07. The van der Waals surface area contributed by atoms with Gasteiger partial charge in [0.15, 0.2) is 0 Å². The SMILES string of the molecule is CCc1csc(-c2ccc(OCCNC[C@H](O)c3ccc(Cl)nc3)cc2)n1. The Bertz CT molecular complexity index is 837. The molecule has 3 rings (SSSR count). The fourth-order valence-electron chi connectivity index (χ4n) is 2.48. The molecule has 7 heteroatoms. The summed E-state index contributed by atoms with van der Waals surface area (Å²) in [5.74, 6) is 0.815. The van der Waals surface area contributed by atoms with Crippen molar-refractivity contribution in [1.82, 2.24) is 15.3 Å². The number of hydrogen-bond acceptors (Lipinski definition) is 6. The number of thiazole rings is 1. The zero-order chi connectivity index (χ0) is 19.1. The minimum absolute atomic E-state index is 0.416. The van der Waals surface area contributed by atoms with Crippen LogP contribution in [-0.2, 0) is 6.42 Å². The molecule has 0 bridgehead atoms.